The van der Waals surface area contributed by atoms with Crippen LogP contribution in [-0.4, -0.2) is 21.3 Å². The van der Waals surface area contributed by atoms with Crippen LogP contribution in [0.1, 0.15) is 17.3 Å². The summed E-state index contributed by atoms with van der Waals surface area (Å²) < 4.78 is 32.2. The first kappa shape index (κ1) is 15.1. The van der Waals surface area contributed by atoms with E-state index in [4.69, 9.17) is 4.74 Å². The molecule has 0 atom stereocenters. The smallest absolute Gasteiger partial charge is 0.265 e. The Morgan fingerprint density at radius 3 is 2.24 bits per heavy atom. The molecule has 0 aliphatic heterocycles. The fraction of sp³-hybridized carbons (Fsp3) is 0.133. The molecule has 2 aromatic rings. The highest BCUT2D eigenvalue weighted by molar-refractivity contribution is 7.92. The summed E-state index contributed by atoms with van der Waals surface area (Å²) in [7, 11) is -2.34. The topological polar surface area (TPSA) is 72.5 Å². The molecule has 0 bridgehead atoms. The fourth-order valence-electron chi connectivity index (χ4n) is 1.82. The Hall–Kier alpha value is -2.34. The predicted molar refractivity (Wildman–Crippen MR) is 80.2 cm³/mol. The van der Waals surface area contributed by atoms with Gasteiger partial charge in [-0.05, 0) is 43.3 Å². The molecule has 6 heteroatoms. The van der Waals surface area contributed by atoms with Gasteiger partial charge in [-0.15, -0.1) is 0 Å². The maximum Gasteiger partial charge on any atom is 0.265 e. The number of carbonyl (C=O) groups excluding carboxylic acids is 1. The number of anilines is 1. The molecule has 2 rings (SSSR count). The van der Waals surface area contributed by atoms with Gasteiger partial charge in [0.25, 0.3) is 10.0 Å². The molecular formula is C15H15NO4S. The molecule has 2 aromatic carbocycles. The molecule has 5 nitrogen and oxygen atoms in total. The molecule has 0 aromatic heterocycles. The summed E-state index contributed by atoms with van der Waals surface area (Å²) in [5.41, 5.74) is 0.904. The van der Waals surface area contributed by atoms with Crippen molar-refractivity contribution in [2.24, 2.45) is 0 Å². The van der Waals surface area contributed by atoms with E-state index in [1.807, 2.05) is 0 Å². The van der Waals surface area contributed by atoms with Gasteiger partial charge < -0.3 is 4.74 Å². The van der Waals surface area contributed by atoms with Crippen LogP contribution in [-0.2, 0) is 10.0 Å². The summed E-state index contributed by atoms with van der Waals surface area (Å²) in [4.78, 5) is 11.3. The van der Waals surface area contributed by atoms with Gasteiger partial charge in [0.15, 0.2) is 5.78 Å². The van der Waals surface area contributed by atoms with Crippen molar-refractivity contribution in [1.82, 2.24) is 0 Å². The van der Waals surface area contributed by atoms with Gasteiger partial charge in [-0.25, -0.2) is 8.42 Å². The Balaban J connectivity index is 2.31. The molecule has 0 amide bonds. The van der Waals surface area contributed by atoms with Crippen molar-refractivity contribution in [3.63, 3.8) is 0 Å². The first-order valence-corrected chi connectivity index (χ1v) is 7.69. The average molecular weight is 305 g/mol. The van der Waals surface area contributed by atoms with E-state index in [2.05, 4.69) is 4.72 Å². The van der Waals surface area contributed by atoms with Gasteiger partial charge in [0.1, 0.15) is 10.6 Å². The lowest BCUT2D eigenvalue weighted by Crippen LogP contribution is -2.14. The van der Waals surface area contributed by atoms with Gasteiger partial charge in [-0.1, -0.05) is 12.1 Å². The van der Waals surface area contributed by atoms with Crippen molar-refractivity contribution in [2.75, 3.05) is 11.8 Å². The Bertz CT molecular complexity index is 751. The van der Waals surface area contributed by atoms with Crippen molar-refractivity contribution in [1.29, 1.82) is 0 Å². The number of ketones is 1. The highest BCUT2D eigenvalue weighted by Crippen LogP contribution is 2.25. The minimum Gasteiger partial charge on any atom is -0.495 e. The van der Waals surface area contributed by atoms with Crippen molar-refractivity contribution < 1.29 is 17.9 Å². The van der Waals surface area contributed by atoms with Gasteiger partial charge >= 0.3 is 0 Å². The second-order valence-corrected chi connectivity index (χ2v) is 6.04. The van der Waals surface area contributed by atoms with Crippen LogP contribution < -0.4 is 9.46 Å². The molecule has 1 N–H and O–H groups in total. The van der Waals surface area contributed by atoms with E-state index in [0.29, 0.717) is 11.3 Å². The van der Waals surface area contributed by atoms with Crippen LogP contribution in [0.25, 0.3) is 0 Å². The van der Waals surface area contributed by atoms with E-state index >= 15 is 0 Å². The number of methoxy groups -OCH3 is 1. The quantitative estimate of drug-likeness (QED) is 0.862. The molecule has 0 spiro atoms. The molecule has 21 heavy (non-hydrogen) atoms. The minimum atomic E-state index is -3.75. The standard InChI is InChI=1S/C15H15NO4S/c1-11(17)12-7-9-13(10-8-12)16-21(18,19)15-6-4-3-5-14(15)20-2/h3-10,16H,1-2H3. The number of carbonyl (C=O) groups is 1. The fourth-order valence-corrected chi connectivity index (χ4v) is 3.05. The highest BCUT2D eigenvalue weighted by Gasteiger charge is 2.18. The zero-order chi connectivity index (χ0) is 15.5. The number of para-hydroxylation sites is 1. The Morgan fingerprint density at radius 1 is 1.05 bits per heavy atom. The molecule has 110 valence electrons. The van der Waals surface area contributed by atoms with E-state index in [1.165, 1.54) is 20.1 Å². The number of rotatable bonds is 5. The van der Waals surface area contributed by atoms with Gasteiger partial charge in [0.05, 0.1) is 7.11 Å². The van der Waals surface area contributed by atoms with Gasteiger partial charge in [-0.2, -0.15) is 0 Å². The zero-order valence-electron chi connectivity index (χ0n) is 11.7. The molecule has 0 unspecified atom stereocenters. The molecule has 0 aliphatic carbocycles. The van der Waals surface area contributed by atoms with Crippen molar-refractivity contribution >= 4 is 21.5 Å². The van der Waals surface area contributed by atoms with Crippen LogP contribution in [0.5, 0.6) is 5.75 Å². The van der Waals surface area contributed by atoms with Crippen molar-refractivity contribution in [2.45, 2.75) is 11.8 Å². The normalized spacial score (nSPS) is 11.0. The minimum absolute atomic E-state index is 0.0585. The van der Waals surface area contributed by atoms with E-state index in [0.717, 1.165) is 0 Å². The number of ether oxygens (including phenoxy) is 1. The van der Waals surface area contributed by atoms with E-state index in [9.17, 15) is 13.2 Å². The van der Waals surface area contributed by atoms with Crippen LogP contribution in [0.4, 0.5) is 5.69 Å². The summed E-state index contributed by atoms with van der Waals surface area (Å²) >= 11 is 0. The zero-order valence-corrected chi connectivity index (χ0v) is 12.5. The third-order valence-electron chi connectivity index (χ3n) is 2.90. The van der Waals surface area contributed by atoms with Gasteiger partial charge in [-0.3, -0.25) is 9.52 Å². The van der Waals surface area contributed by atoms with Gasteiger partial charge in [0, 0.05) is 11.3 Å². The Labute approximate surface area is 123 Å². The monoisotopic (exact) mass is 305 g/mol. The number of hydrogen-bond acceptors (Lipinski definition) is 4. The molecule has 0 heterocycles. The third-order valence-corrected chi connectivity index (χ3v) is 4.32. The Kier molecular flexibility index (Phi) is 4.28. The molecule has 0 radical (unpaired) electrons. The maximum absolute atomic E-state index is 12.3. The highest BCUT2D eigenvalue weighted by atomic mass is 32.2. The molecule has 0 aliphatic rings. The first-order chi connectivity index (χ1) is 9.94. The predicted octanol–water partition coefficient (Wildman–Crippen LogP) is 2.70. The van der Waals surface area contributed by atoms with Crippen LogP contribution in [0.3, 0.4) is 0 Å². The van der Waals surface area contributed by atoms with Crippen LogP contribution in [0, 0.1) is 0 Å². The van der Waals surface area contributed by atoms with Crippen LogP contribution in [0.2, 0.25) is 0 Å². The third kappa shape index (κ3) is 3.41. The average Bonchev–Trinajstić information content (AvgIpc) is 2.47. The summed E-state index contributed by atoms with van der Waals surface area (Å²) in [5, 5.41) is 0. The summed E-state index contributed by atoms with van der Waals surface area (Å²) in [6.07, 6.45) is 0. The summed E-state index contributed by atoms with van der Waals surface area (Å²) in [6.45, 7) is 1.45. The molecule has 0 saturated heterocycles. The lowest BCUT2D eigenvalue weighted by molar-refractivity contribution is 0.101. The molecular weight excluding hydrogens is 290 g/mol. The summed E-state index contributed by atoms with van der Waals surface area (Å²) in [5.74, 6) is 0.194. The van der Waals surface area contributed by atoms with E-state index in [1.54, 1.807) is 42.5 Å². The van der Waals surface area contributed by atoms with Gasteiger partial charge in [0.2, 0.25) is 0 Å². The number of nitrogens with one attached hydrogen (secondary N) is 1. The number of benzene rings is 2. The van der Waals surface area contributed by atoms with Crippen LogP contribution in [0.15, 0.2) is 53.4 Å². The van der Waals surface area contributed by atoms with Crippen molar-refractivity contribution in [3.05, 3.63) is 54.1 Å². The lowest BCUT2D eigenvalue weighted by atomic mass is 10.1. The largest absolute Gasteiger partial charge is 0.495 e. The number of hydrogen-bond donors (Lipinski definition) is 1. The molecule has 0 saturated carbocycles. The summed E-state index contributed by atoms with van der Waals surface area (Å²) in [6, 6.07) is 12.6. The number of Topliss-reactive ketones (excluding diaryl/α,β-unsaturated/α-hetero) is 1. The SMILES string of the molecule is COc1ccccc1S(=O)(=O)Nc1ccc(C(C)=O)cc1. The number of sulfonamides is 1. The van der Waals surface area contributed by atoms with E-state index < -0.39 is 10.0 Å². The second-order valence-electron chi connectivity index (χ2n) is 4.39. The Morgan fingerprint density at radius 2 is 1.67 bits per heavy atom. The second kappa shape index (κ2) is 5.97. The van der Waals surface area contributed by atoms with Crippen LogP contribution >= 0.6 is 0 Å². The lowest BCUT2D eigenvalue weighted by Gasteiger charge is -2.11. The van der Waals surface area contributed by atoms with E-state index in [-0.39, 0.29) is 16.4 Å². The first-order valence-electron chi connectivity index (χ1n) is 6.21. The van der Waals surface area contributed by atoms with Crippen molar-refractivity contribution in [3.8, 4) is 5.75 Å². The molecule has 0 fully saturated rings. The maximum atomic E-state index is 12.3.